The molecule has 0 aromatic carbocycles. The van der Waals surface area contributed by atoms with Crippen molar-refractivity contribution in [3.8, 4) is 0 Å². The van der Waals surface area contributed by atoms with Gasteiger partial charge in [-0.25, -0.2) is 18.1 Å². The molecule has 1 atom stereocenters. The van der Waals surface area contributed by atoms with Crippen molar-refractivity contribution in [2.75, 3.05) is 32.8 Å². The van der Waals surface area contributed by atoms with E-state index >= 15 is 0 Å². The molecule has 1 aromatic rings. The zero-order valence-corrected chi connectivity index (χ0v) is 18.2. The summed E-state index contributed by atoms with van der Waals surface area (Å²) in [5.41, 5.74) is -0.855. The molecular weight excluding hydrogens is 400 g/mol. The first-order chi connectivity index (χ1) is 13.1. The summed E-state index contributed by atoms with van der Waals surface area (Å²) >= 11 is 1.21. The normalized spacial score (nSPS) is 24.9. The second-order valence-electron chi connectivity index (χ2n) is 8.02. The van der Waals surface area contributed by atoms with Crippen LogP contribution in [0.2, 0.25) is 0 Å². The Morgan fingerprint density at radius 2 is 1.89 bits per heavy atom. The minimum atomic E-state index is -3.46. The summed E-state index contributed by atoms with van der Waals surface area (Å²) in [7, 11) is -3.46. The number of rotatable bonds is 7. The second kappa shape index (κ2) is 8.10. The number of amides is 3. The highest BCUT2D eigenvalue weighted by Gasteiger charge is 2.48. The fraction of sp³-hybridized carbons (Fsp3) is 0.667. The van der Waals surface area contributed by atoms with E-state index in [9.17, 15) is 18.0 Å². The van der Waals surface area contributed by atoms with E-state index in [0.717, 1.165) is 6.42 Å². The molecule has 2 saturated heterocycles. The van der Waals surface area contributed by atoms with Crippen molar-refractivity contribution >= 4 is 33.3 Å². The summed E-state index contributed by atoms with van der Waals surface area (Å²) in [6.07, 6.45) is 1.47. The fourth-order valence-corrected chi connectivity index (χ4v) is 6.04. The van der Waals surface area contributed by atoms with Crippen LogP contribution >= 0.6 is 11.3 Å². The lowest BCUT2D eigenvalue weighted by Crippen LogP contribution is -2.52. The molecule has 2 aliphatic heterocycles. The predicted molar refractivity (Wildman–Crippen MR) is 107 cm³/mol. The van der Waals surface area contributed by atoms with Crippen molar-refractivity contribution in [2.45, 2.75) is 43.4 Å². The molecule has 2 fully saturated rings. The third-order valence-corrected chi connectivity index (χ3v) is 8.60. The monoisotopic (exact) mass is 428 g/mol. The van der Waals surface area contributed by atoms with Crippen molar-refractivity contribution in [1.29, 1.82) is 0 Å². The minimum absolute atomic E-state index is 0.189. The van der Waals surface area contributed by atoms with Crippen LogP contribution in [0.15, 0.2) is 21.7 Å². The van der Waals surface area contributed by atoms with E-state index in [4.69, 9.17) is 0 Å². The van der Waals surface area contributed by atoms with E-state index in [0.29, 0.717) is 42.7 Å². The van der Waals surface area contributed by atoms with Gasteiger partial charge in [0.05, 0.1) is 6.67 Å². The van der Waals surface area contributed by atoms with Crippen molar-refractivity contribution in [1.82, 2.24) is 19.4 Å². The standard InChI is InChI=1S/C18H28N4O4S2/c1-14(2)6-7-18(3)16(23)22(17(24)19-18)13-20-8-10-21(11-9-20)28(25,26)15-5-4-12-27-15/h4-5,12,14H,6-11,13H2,1-3H3,(H,19,24). The van der Waals surface area contributed by atoms with E-state index in [1.807, 2.05) is 4.90 Å². The molecule has 0 radical (unpaired) electrons. The number of thiophene rings is 1. The first-order valence-corrected chi connectivity index (χ1v) is 11.9. The molecule has 1 N–H and O–H groups in total. The smallest absolute Gasteiger partial charge is 0.323 e. The van der Waals surface area contributed by atoms with Crippen LogP contribution in [0.4, 0.5) is 4.79 Å². The molecule has 3 amide bonds. The number of carbonyl (C=O) groups excluding carboxylic acids is 2. The summed E-state index contributed by atoms with van der Waals surface area (Å²) in [5, 5.41) is 4.58. The molecule has 0 aliphatic carbocycles. The number of carbonyl (C=O) groups is 2. The topological polar surface area (TPSA) is 90.0 Å². The third-order valence-electron chi connectivity index (χ3n) is 5.33. The number of nitrogens with one attached hydrogen (secondary N) is 1. The summed E-state index contributed by atoms with van der Waals surface area (Å²) < 4.78 is 27.0. The van der Waals surface area contributed by atoms with Gasteiger partial charge in [-0.3, -0.25) is 9.69 Å². The molecule has 0 bridgehead atoms. The van der Waals surface area contributed by atoms with Gasteiger partial charge < -0.3 is 5.32 Å². The van der Waals surface area contributed by atoms with Gasteiger partial charge in [-0.05, 0) is 37.1 Å². The maximum Gasteiger partial charge on any atom is 0.326 e. The first kappa shape index (κ1) is 21.2. The molecule has 0 saturated carbocycles. The van der Waals surface area contributed by atoms with Gasteiger partial charge in [0.15, 0.2) is 0 Å². The van der Waals surface area contributed by atoms with Gasteiger partial charge in [0.25, 0.3) is 15.9 Å². The number of imide groups is 1. The highest BCUT2D eigenvalue weighted by Crippen LogP contribution is 2.26. The molecule has 1 aromatic heterocycles. The second-order valence-corrected chi connectivity index (χ2v) is 11.1. The van der Waals surface area contributed by atoms with E-state index in [1.165, 1.54) is 20.5 Å². The molecule has 8 nitrogen and oxygen atoms in total. The largest absolute Gasteiger partial charge is 0.326 e. The fourth-order valence-electron chi connectivity index (χ4n) is 3.47. The third kappa shape index (κ3) is 4.24. The number of sulfonamides is 1. The van der Waals surface area contributed by atoms with Crippen LogP contribution in [0.25, 0.3) is 0 Å². The predicted octanol–water partition coefficient (Wildman–Crippen LogP) is 1.76. The molecular formula is C18H28N4O4S2. The van der Waals surface area contributed by atoms with E-state index in [-0.39, 0.29) is 18.6 Å². The average molecular weight is 429 g/mol. The van der Waals surface area contributed by atoms with Gasteiger partial charge in [-0.15, -0.1) is 11.3 Å². The minimum Gasteiger partial charge on any atom is -0.323 e. The Morgan fingerprint density at radius 1 is 1.21 bits per heavy atom. The van der Waals surface area contributed by atoms with Crippen LogP contribution in [-0.4, -0.2) is 72.8 Å². The summed E-state index contributed by atoms with van der Waals surface area (Å²) in [5.74, 6) is 0.251. The van der Waals surface area contributed by atoms with Crippen molar-refractivity contribution in [3.05, 3.63) is 17.5 Å². The van der Waals surface area contributed by atoms with Gasteiger partial charge in [0.1, 0.15) is 9.75 Å². The number of piperazine rings is 1. The van der Waals surface area contributed by atoms with Crippen LogP contribution in [0.5, 0.6) is 0 Å². The molecule has 2 aliphatic rings. The van der Waals surface area contributed by atoms with Crippen LogP contribution in [-0.2, 0) is 14.8 Å². The quantitative estimate of drug-likeness (QED) is 0.669. The van der Waals surface area contributed by atoms with Crippen LogP contribution in [0.1, 0.15) is 33.6 Å². The Kier molecular flexibility index (Phi) is 6.14. The highest BCUT2D eigenvalue weighted by molar-refractivity contribution is 7.91. The Labute approximate surface area is 170 Å². The molecule has 3 heterocycles. The Bertz CT molecular complexity index is 817. The molecule has 0 spiro atoms. The van der Waals surface area contributed by atoms with Crippen molar-refractivity contribution in [2.24, 2.45) is 5.92 Å². The summed E-state index contributed by atoms with van der Waals surface area (Å²) in [6.45, 7) is 7.78. The zero-order chi connectivity index (χ0) is 20.5. The van der Waals surface area contributed by atoms with Gasteiger partial charge in [0.2, 0.25) is 0 Å². The van der Waals surface area contributed by atoms with Gasteiger partial charge in [0, 0.05) is 26.2 Å². The number of hydrogen-bond acceptors (Lipinski definition) is 6. The van der Waals surface area contributed by atoms with E-state index in [1.54, 1.807) is 24.4 Å². The summed E-state index contributed by atoms with van der Waals surface area (Å²) in [4.78, 5) is 28.4. The van der Waals surface area contributed by atoms with Gasteiger partial charge >= 0.3 is 6.03 Å². The number of nitrogens with zero attached hydrogens (tertiary/aromatic N) is 3. The SMILES string of the molecule is CC(C)CCC1(C)NC(=O)N(CN2CCN(S(=O)(=O)c3cccs3)CC2)C1=O. The van der Waals surface area contributed by atoms with Crippen LogP contribution in [0.3, 0.4) is 0 Å². The lowest BCUT2D eigenvalue weighted by molar-refractivity contribution is -0.132. The lowest BCUT2D eigenvalue weighted by atomic mass is 9.92. The van der Waals surface area contributed by atoms with Crippen molar-refractivity contribution < 1.29 is 18.0 Å². The zero-order valence-electron chi connectivity index (χ0n) is 16.6. The van der Waals surface area contributed by atoms with E-state index < -0.39 is 15.6 Å². The maximum atomic E-state index is 12.8. The highest BCUT2D eigenvalue weighted by atomic mass is 32.2. The van der Waals surface area contributed by atoms with Crippen molar-refractivity contribution in [3.63, 3.8) is 0 Å². The van der Waals surface area contributed by atoms with Gasteiger partial charge in [-0.1, -0.05) is 19.9 Å². The Hall–Kier alpha value is -1.49. The van der Waals surface area contributed by atoms with Crippen LogP contribution < -0.4 is 5.32 Å². The Morgan fingerprint density at radius 3 is 2.46 bits per heavy atom. The molecule has 3 rings (SSSR count). The van der Waals surface area contributed by atoms with Gasteiger partial charge in [-0.2, -0.15) is 4.31 Å². The van der Waals surface area contributed by atoms with Crippen LogP contribution in [0, 0.1) is 5.92 Å². The summed E-state index contributed by atoms with van der Waals surface area (Å²) in [6, 6.07) is 2.96. The first-order valence-electron chi connectivity index (χ1n) is 9.53. The van der Waals surface area contributed by atoms with E-state index in [2.05, 4.69) is 19.2 Å². The number of urea groups is 1. The molecule has 1 unspecified atom stereocenters. The maximum absolute atomic E-state index is 12.8. The lowest BCUT2D eigenvalue weighted by Gasteiger charge is -2.35. The Balaban J connectivity index is 1.57. The molecule has 10 heteroatoms. The number of hydrogen-bond donors (Lipinski definition) is 1. The molecule has 156 valence electrons. The molecule has 28 heavy (non-hydrogen) atoms. The average Bonchev–Trinajstić information content (AvgIpc) is 3.25.